The highest BCUT2D eigenvalue weighted by Gasteiger charge is 2.41. The van der Waals surface area contributed by atoms with Gasteiger partial charge in [0.05, 0.1) is 0 Å². The summed E-state index contributed by atoms with van der Waals surface area (Å²) in [4.78, 5) is 0. The fourth-order valence-electron chi connectivity index (χ4n) is 4.71. The molecule has 0 heterocycles. The van der Waals surface area contributed by atoms with Gasteiger partial charge in [-0.2, -0.15) is 8.78 Å². The lowest BCUT2D eigenvalue weighted by molar-refractivity contribution is -0.189. The van der Waals surface area contributed by atoms with Crippen molar-refractivity contribution >= 4 is 0 Å². The molecule has 0 aliphatic heterocycles. The van der Waals surface area contributed by atoms with Gasteiger partial charge < -0.3 is 9.47 Å². The third kappa shape index (κ3) is 6.09. The molecule has 1 saturated carbocycles. The zero-order valence-electron chi connectivity index (χ0n) is 20.0. The minimum absolute atomic E-state index is 0.0330. The maximum Gasteiger partial charge on any atom is 0.432 e. The molecule has 4 rings (SSSR count). The second-order valence-corrected chi connectivity index (χ2v) is 9.13. The lowest BCUT2D eigenvalue weighted by Crippen LogP contribution is -2.26. The summed E-state index contributed by atoms with van der Waals surface area (Å²) < 4.78 is 110. The van der Waals surface area contributed by atoms with E-state index in [9.17, 15) is 30.7 Å². The highest BCUT2D eigenvalue weighted by Crippen LogP contribution is 2.40. The molecular formula is C28H25F7O2. The van der Waals surface area contributed by atoms with Crippen molar-refractivity contribution in [2.24, 2.45) is 5.92 Å². The Labute approximate surface area is 210 Å². The van der Waals surface area contributed by atoms with Crippen LogP contribution in [0.5, 0.6) is 5.75 Å². The Morgan fingerprint density at radius 3 is 2.03 bits per heavy atom. The first kappa shape index (κ1) is 27.0. The van der Waals surface area contributed by atoms with Crippen molar-refractivity contribution in [1.29, 1.82) is 0 Å². The number of hydrogen-bond donors (Lipinski definition) is 0. The molecule has 0 saturated heterocycles. The molecule has 198 valence electrons. The van der Waals surface area contributed by atoms with Crippen molar-refractivity contribution in [2.75, 3.05) is 13.2 Å². The summed E-state index contributed by atoms with van der Waals surface area (Å²) in [6, 6.07) is 7.00. The van der Waals surface area contributed by atoms with Gasteiger partial charge in [-0.05, 0) is 92.0 Å². The van der Waals surface area contributed by atoms with Gasteiger partial charge in [0, 0.05) is 24.8 Å². The van der Waals surface area contributed by atoms with Crippen LogP contribution in [0, 0.1) is 35.0 Å². The van der Waals surface area contributed by atoms with E-state index in [0.717, 1.165) is 55.3 Å². The summed E-state index contributed by atoms with van der Waals surface area (Å²) in [6.45, 7) is 3.13. The SMILES string of the molecule is CCOCC1CCC(c2cc(F)c(C(F)(F)Oc3ccc(-c4ccc(F)c(F)c4)c(F)c3)c(F)c2)CC1. The van der Waals surface area contributed by atoms with Gasteiger partial charge in [-0.15, -0.1) is 0 Å². The maximum atomic E-state index is 14.8. The molecule has 0 amide bonds. The fraction of sp³-hybridized carbons (Fsp3) is 0.357. The van der Waals surface area contributed by atoms with Gasteiger partial charge in [0.15, 0.2) is 11.6 Å². The summed E-state index contributed by atoms with van der Waals surface area (Å²) >= 11 is 0. The molecule has 37 heavy (non-hydrogen) atoms. The summed E-state index contributed by atoms with van der Waals surface area (Å²) in [7, 11) is 0. The predicted octanol–water partition coefficient (Wildman–Crippen LogP) is 8.49. The number of halogens is 7. The van der Waals surface area contributed by atoms with Crippen LogP contribution in [0.4, 0.5) is 30.7 Å². The molecule has 2 nitrogen and oxygen atoms in total. The van der Waals surface area contributed by atoms with E-state index >= 15 is 0 Å². The van der Waals surface area contributed by atoms with Crippen LogP contribution < -0.4 is 4.74 Å². The molecule has 3 aromatic carbocycles. The summed E-state index contributed by atoms with van der Waals surface area (Å²) in [6.07, 6.45) is -1.52. The Morgan fingerprint density at radius 1 is 0.757 bits per heavy atom. The second kappa shape index (κ2) is 11.1. The van der Waals surface area contributed by atoms with Crippen molar-refractivity contribution in [3.05, 3.63) is 88.7 Å². The molecule has 0 unspecified atom stereocenters. The van der Waals surface area contributed by atoms with E-state index in [1.54, 1.807) is 0 Å². The number of ether oxygens (including phenoxy) is 2. The van der Waals surface area contributed by atoms with Crippen molar-refractivity contribution in [2.45, 2.75) is 44.6 Å². The number of rotatable bonds is 8. The zero-order chi connectivity index (χ0) is 26.7. The lowest BCUT2D eigenvalue weighted by Gasteiger charge is -2.29. The van der Waals surface area contributed by atoms with Crippen LogP contribution in [0.25, 0.3) is 11.1 Å². The van der Waals surface area contributed by atoms with Crippen LogP contribution in [-0.4, -0.2) is 13.2 Å². The molecule has 0 spiro atoms. The van der Waals surface area contributed by atoms with Crippen molar-refractivity contribution in [1.82, 2.24) is 0 Å². The smallest absolute Gasteiger partial charge is 0.429 e. The third-order valence-electron chi connectivity index (χ3n) is 6.65. The fourth-order valence-corrected chi connectivity index (χ4v) is 4.71. The van der Waals surface area contributed by atoms with Gasteiger partial charge in [-0.25, -0.2) is 22.0 Å². The van der Waals surface area contributed by atoms with Crippen LogP contribution in [-0.2, 0) is 10.8 Å². The quantitative estimate of drug-likeness (QED) is 0.274. The minimum Gasteiger partial charge on any atom is -0.429 e. The molecule has 1 aliphatic carbocycles. The van der Waals surface area contributed by atoms with Crippen LogP contribution in [0.15, 0.2) is 48.5 Å². The number of alkyl halides is 2. The Bertz CT molecular complexity index is 1230. The largest absolute Gasteiger partial charge is 0.432 e. The Hall–Kier alpha value is -3.07. The van der Waals surface area contributed by atoms with E-state index in [1.807, 2.05) is 6.92 Å². The minimum atomic E-state index is -4.45. The Morgan fingerprint density at radius 2 is 1.43 bits per heavy atom. The molecule has 0 N–H and O–H groups in total. The molecule has 3 aromatic rings. The summed E-state index contributed by atoms with van der Waals surface area (Å²) in [5, 5.41) is 0. The van der Waals surface area contributed by atoms with Gasteiger partial charge >= 0.3 is 6.11 Å². The molecule has 0 aromatic heterocycles. The molecule has 0 bridgehead atoms. The maximum absolute atomic E-state index is 14.8. The highest BCUT2D eigenvalue weighted by molar-refractivity contribution is 5.65. The monoisotopic (exact) mass is 526 g/mol. The first-order valence-electron chi connectivity index (χ1n) is 12.0. The van der Waals surface area contributed by atoms with E-state index in [0.29, 0.717) is 43.6 Å². The Balaban J connectivity index is 1.51. The van der Waals surface area contributed by atoms with Crippen LogP contribution in [0.3, 0.4) is 0 Å². The standard InChI is InChI=1S/C28H25F7O2/c1-2-36-15-16-3-5-17(6-4-16)19-12-25(32)27(26(33)13-19)28(34,35)37-20-8-9-21(23(30)14-20)18-7-10-22(29)24(31)11-18/h7-14,16-17H,2-6,15H2,1H3. The van der Waals surface area contributed by atoms with Gasteiger partial charge in [0.1, 0.15) is 28.8 Å². The van der Waals surface area contributed by atoms with Gasteiger partial charge in [-0.1, -0.05) is 6.07 Å². The summed E-state index contributed by atoms with van der Waals surface area (Å²) in [5.74, 6) is -6.85. The van der Waals surface area contributed by atoms with E-state index in [2.05, 4.69) is 4.74 Å². The van der Waals surface area contributed by atoms with E-state index in [-0.39, 0.29) is 17.0 Å². The van der Waals surface area contributed by atoms with Crippen molar-refractivity contribution in [3.8, 4) is 16.9 Å². The predicted molar refractivity (Wildman–Crippen MR) is 124 cm³/mol. The molecule has 1 fully saturated rings. The number of hydrogen-bond acceptors (Lipinski definition) is 2. The third-order valence-corrected chi connectivity index (χ3v) is 6.65. The van der Waals surface area contributed by atoms with Crippen LogP contribution in [0.2, 0.25) is 0 Å². The van der Waals surface area contributed by atoms with Gasteiger partial charge in [0.2, 0.25) is 0 Å². The normalized spacial score (nSPS) is 18.2. The van der Waals surface area contributed by atoms with Gasteiger partial charge in [-0.3, -0.25) is 0 Å². The first-order valence-corrected chi connectivity index (χ1v) is 12.0. The van der Waals surface area contributed by atoms with Crippen LogP contribution in [0.1, 0.15) is 49.7 Å². The van der Waals surface area contributed by atoms with E-state index in [1.165, 1.54) is 0 Å². The number of benzene rings is 3. The first-order chi connectivity index (χ1) is 17.6. The van der Waals surface area contributed by atoms with Crippen molar-refractivity contribution < 1.29 is 40.2 Å². The topological polar surface area (TPSA) is 18.5 Å². The molecular weight excluding hydrogens is 501 g/mol. The average Bonchev–Trinajstić information content (AvgIpc) is 2.84. The molecule has 9 heteroatoms. The second-order valence-electron chi connectivity index (χ2n) is 9.13. The zero-order valence-corrected chi connectivity index (χ0v) is 20.0. The summed E-state index contributed by atoms with van der Waals surface area (Å²) in [5.41, 5.74) is -1.51. The van der Waals surface area contributed by atoms with Crippen molar-refractivity contribution in [3.63, 3.8) is 0 Å². The van der Waals surface area contributed by atoms with E-state index in [4.69, 9.17) is 4.74 Å². The van der Waals surface area contributed by atoms with E-state index < -0.39 is 46.5 Å². The molecule has 0 atom stereocenters. The molecule has 0 radical (unpaired) electrons. The average molecular weight is 526 g/mol. The molecule has 1 aliphatic rings. The highest BCUT2D eigenvalue weighted by atomic mass is 19.3. The van der Waals surface area contributed by atoms with Gasteiger partial charge in [0.25, 0.3) is 0 Å². The lowest BCUT2D eigenvalue weighted by atomic mass is 9.79. The Kier molecular flexibility index (Phi) is 8.11. The van der Waals surface area contributed by atoms with Crippen LogP contribution >= 0.6 is 0 Å².